The molecule has 1 rings (SSSR count). The van der Waals surface area contributed by atoms with Gasteiger partial charge in [0.1, 0.15) is 0 Å². The van der Waals surface area contributed by atoms with Crippen molar-refractivity contribution in [3.8, 4) is 0 Å². The fourth-order valence-corrected chi connectivity index (χ4v) is 1.56. The fourth-order valence-electron chi connectivity index (χ4n) is 1.56. The Balaban J connectivity index is 2.27. The molecule has 0 saturated heterocycles. The molecule has 0 aromatic carbocycles. The van der Waals surface area contributed by atoms with Gasteiger partial charge < -0.3 is 15.0 Å². The van der Waals surface area contributed by atoms with Crippen molar-refractivity contribution in [2.24, 2.45) is 7.05 Å². The molecule has 0 aliphatic heterocycles. The van der Waals surface area contributed by atoms with Crippen molar-refractivity contribution < 1.29 is 14.3 Å². The lowest BCUT2D eigenvalue weighted by Crippen LogP contribution is -2.32. The molecular formula is C12H20N4O3. The first-order chi connectivity index (χ1) is 9.02. The Kier molecular flexibility index (Phi) is 5.84. The van der Waals surface area contributed by atoms with Crippen molar-refractivity contribution in [1.29, 1.82) is 0 Å². The fraction of sp³-hybridized carbons (Fsp3) is 0.583. The molecule has 1 aromatic heterocycles. The van der Waals surface area contributed by atoms with Crippen molar-refractivity contribution >= 4 is 12.0 Å². The largest absolute Gasteiger partial charge is 0.450 e. The summed E-state index contributed by atoms with van der Waals surface area (Å²) < 4.78 is 6.39. The topological polar surface area (TPSA) is 76.5 Å². The highest BCUT2D eigenvalue weighted by molar-refractivity contribution is 5.76. The van der Waals surface area contributed by atoms with Gasteiger partial charge in [0.05, 0.1) is 12.8 Å². The molecule has 0 atom stereocenters. The summed E-state index contributed by atoms with van der Waals surface area (Å²) >= 11 is 0. The molecular weight excluding hydrogens is 248 g/mol. The minimum absolute atomic E-state index is 0.0411. The maximum atomic E-state index is 11.8. The SMILES string of the molecule is CCOC(=O)NCCC(=O)N(C)Cc1cnn(C)c1. The Morgan fingerprint density at radius 2 is 2.26 bits per heavy atom. The number of aryl methyl sites for hydroxylation is 1. The van der Waals surface area contributed by atoms with E-state index in [0.29, 0.717) is 13.2 Å². The smallest absolute Gasteiger partial charge is 0.407 e. The number of ether oxygens (including phenoxy) is 1. The van der Waals surface area contributed by atoms with Gasteiger partial charge in [-0.05, 0) is 6.92 Å². The number of nitrogens with zero attached hydrogens (tertiary/aromatic N) is 3. The van der Waals surface area contributed by atoms with Gasteiger partial charge in [-0.25, -0.2) is 4.79 Å². The zero-order valence-electron chi connectivity index (χ0n) is 11.5. The zero-order chi connectivity index (χ0) is 14.3. The van der Waals surface area contributed by atoms with Crippen LogP contribution in [0.3, 0.4) is 0 Å². The van der Waals surface area contributed by atoms with E-state index >= 15 is 0 Å². The Morgan fingerprint density at radius 3 is 2.84 bits per heavy atom. The maximum Gasteiger partial charge on any atom is 0.407 e. The normalized spacial score (nSPS) is 10.1. The Morgan fingerprint density at radius 1 is 1.53 bits per heavy atom. The van der Waals surface area contributed by atoms with E-state index in [1.807, 2.05) is 13.2 Å². The summed E-state index contributed by atoms with van der Waals surface area (Å²) in [4.78, 5) is 24.4. The second-order valence-corrected chi connectivity index (χ2v) is 4.17. The van der Waals surface area contributed by atoms with E-state index < -0.39 is 6.09 Å². The van der Waals surface area contributed by atoms with E-state index in [2.05, 4.69) is 10.4 Å². The standard InChI is InChI=1S/C12H20N4O3/c1-4-19-12(18)13-6-5-11(17)15(2)8-10-7-14-16(3)9-10/h7,9H,4-6,8H2,1-3H3,(H,13,18). The summed E-state index contributed by atoms with van der Waals surface area (Å²) in [6.07, 6.45) is 3.34. The summed E-state index contributed by atoms with van der Waals surface area (Å²) in [6, 6.07) is 0. The lowest BCUT2D eigenvalue weighted by Gasteiger charge is -2.16. The van der Waals surface area contributed by atoms with E-state index in [1.54, 1.807) is 29.7 Å². The molecule has 7 heteroatoms. The van der Waals surface area contributed by atoms with Gasteiger partial charge in [0.25, 0.3) is 0 Å². The van der Waals surface area contributed by atoms with Gasteiger partial charge in [-0.15, -0.1) is 0 Å². The molecule has 1 heterocycles. The second kappa shape index (κ2) is 7.40. The molecule has 106 valence electrons. The van der Waals surface area contributed by atoms with Crippen molar-refractivity contribution in [2.75, 3.05) is 20.2 Å². The van der Waals surface area contributed by atoms with Crippen molar-refractivity contribution in [3.05, 3.63) is 18.0 Å². The highest BCUT2D eigenvalue weighted by atomic mass is 16.5. The third-order valence-electron chi connectivity index (χ3n) is 2.49. The first kappa shape index (κ1) is 15.0. The third-order valence-corrected chi connectivity index (χ3v) is 2.49. The quantitative estimate of drug-likeness (QED) is 0.815. The molecule has 0 saturated carbocycles. The van der Waals surface area contributed by atoms with Gasteiger partial charge in [0.15, 0.2) is 0 Å². The zero-order valence-corrected chi connectivity index (χ0v) is 11.5. The van der Waals surface area contributed by atoms with Crippen LogP contribution < -0.4 is 5.32 Å². The summed E-state index contributed by atoms with van der Waals surface area (Å²) in [7, 11) is 3.55. The Hall–Kier alpha value is -2.05. The number of hydrogen-bond donors (Lipinski definition) is 1. The van der Waals surface area contributed by atoms with Gasteiger partial charge in [0.2, 0.25) is 5.91 Å². The van der Waals surface area contributed by atoms with E-state index in [1.165, 1.54) is 0 Å². The van der Waals surface area contributed by atoms with Crippen molar-refractivity contribution in [2.45, 2.75) is 19.9 Å². The minimum atomic E-state index is -0.495. The van der Waals surface area contributed by atoms with Crippen LogP contribution in [0.5, 0.6) is 0 Å². The molecule has 0 aliphatic rings. The van der Waals surface area contributed by atoms with Gasteiger partial charge in [-0.2, -0.15) is 5.10 Å². The van der Waals surface area contributed by atoms with Crippen LogP contribution in [0, 0.1) is 0 Å². The molecule has 0 bridgehead atoms. The van der Waals surface area contributed by atoms with Crippen LogP contribution >= 0.6 is 0 Å². The minimum Gasteiger partial charge on any atom is -0.450 e. The molecule has 1 N–H and O–H groups in total. The number of aromatic nitrogens is 2. The maximum absolute atomic E-state index is 11.8. The Labute approximate surface area is 112 Å². The molecule has 0 unspecified atom stereocenters. The average Bonchev–Trinajstić information content (AvgIpc) is 2.75. The van der Waals surface area contributed by atoms with Crippen LogP contribution in [0.25, 0.3) is 0 Å². The molecule has 0 spiro atoms. The van der Waals surface area contributed by atoms with Gasteiger partial charge >= 0.3 is 6.09 Å². The van der Waals surface area contributed by atoms with Crippen molar-refractivity contribution in [1.82, 2.24) is 20.0 Å². The molecule has 7 nitrogen and oxygen atoms in total. The molecule has 0 radical (unpaired) electrons. The highest BCUT2D eigenvalue weighted by Crippen LogP contribution is 2.02. The van der Waals surface area contributed by atoms with Crippen molar-refractivity contribution in [3.63, 3.8) is 0 Å². The molecule has 2 amide bonds. The summed E-state index contributed by atoms with van der Waals surface area (Å²) in [6.45, 7) is 2.83. The summed E-state index contributed by atoms with van der Waals surface area (Å²) in [5.41, 5.74) is 0.969. The Bertz CT molecular complexity index is 430. The lowest BCUT2D eigenvalue weighted by atomic mass is 10.3. The number of alkyl carbamates (subject to hydrolysis) is 1. The van der Waals surface area contributed by atoms with Crippen LogP contribution in [0.1, 0.15) is 18.9 Å². The molecule has 1 aromatic rings. The number of carbonyl (C=O) groups is 2. The van der Waals surface area contributed by atoms with Crippen LogP contribution in [-0.4, -0.2) is 46.9 Å². The van der Waals surface area contributed by atoms with Crippen LogP contribution in [-0.2, 0) is 23.1 Å². The van der Waals surface area contributed by atoms with E-state index in [-0.39, 0.29) is 18.9 Å². The van der Waals surface area contributed by atoms with Gasteiger partial charge in [0, 0.05) is 45.4 Å². The summed E-state index contributed by atoms with van der Waals surface area (Å²) in [5.74, 6) is -0.0411. The highest BCUT2D eigenvalue weighted by Gasteiger charge is 2.10. The first-order valence-electron chi connectivity index (χ1n) is 6.15. The van der Waals surface area contributed by atoms with Gasteiger partial charge in [-0.3, -0.25) is 9.48 Å². The monoisotopic (exact) mass is 268 g/mol. The van der Waals surface area contributed by atoms with E-state index in [0.717, 1.165) is 5.56 Å². The van der Waals surface area contributed by atoms with E-state index in [4.69, 9.17) is 4.74 Å². The summed E-state index contributed by atoms with van der Waals surface area (Å²) in [5, 5.41) is 6.55. The van der Waals surface area contributed by atoms with Crippen LogP contribution in [0.2, 0.25) is 0 Å². The molecule has 19 heavy (non-hydrogen) atoms. The molecule has 0 fully saturated rings. The van der Waals surface area contributed by atoms with Crippen LogP contribution in [0.4, 0.5) is 4.79 Å². The third kappa shape index (κ3) is 5.41. The first-order valence-corrected chi connectivity index (χ1v) is 6.15. The van der Waals surface area contributed by atoms with Gasteiger partial charge in [-0.1, -0.05) is 0 Å². The van der Waals surface area contributed by atoms with E-state index in [9.17, 15) is 9.59 Å². The number of rotatable bonds is 6. The predicted molar refractivity (Wildman–Crippen MR) is 69.3 cm³/mol. The average molecular weight is 268 g/mol. The number of hydrogen-bond acceptors (Lipinski definition) is 4. The number of nitrogens with one attached hydrogen (secondary N) is 1. The predicted octanol–water partition coefficient (Wildman–Crippen LogP) is 0.515. The van der Waals surface area contributed by atoms with Crippen LogP contribution in [0.15, 0.2) is 12.4 Å². The second-order valence-electron chi connectivity index (χ2n) is 4.17. The molecule has 0 aliphatic carbocycles. The lowest BCUT2D eigenvalue weighted by molar-refractivity contribution is -0.130. The number of amides is 2. The number of carbonyl (C=O) groups excluding carboxylic acids is 2.